The molecule has 0 unspecified atom stereocenters. The van der Waals surface area contributed by atoms with E-state index in [2.05, 4.69) is 0 Å². The van der Waals surface area contributed by atoms with Gasteiger partial charge in [0.25, 0.3) is 21.6 Å². The fourth-order valence-corrected chi connectivity index (χ4v) is 7.63. The first-order valence-electron chi connectivity index (χ1n) is 10.9. The number of ether oxygens (including phenoxy) is 1. The van der Waals surface area contributed by atoms with Crippen LogP contribution in [0.3, 0.4) is 0 Å². The second-order valence-corrected chi connectivity index (χ2v) is 13.2. The van der Waals surface area contributed by atoms with E-state index in [4.69, 9.17) is 22.1 Å². The maximum atomic E-state index is 13.3. The molecule has 0 atom stereocenters. The molecule has 0 bridgehead atoms. The van der Waals surface area contributed by atoms with Crippen LogP contribution in [0.25, 0.3) is 11.0 Å². The second-order valence-electron chi connectivity index (χ2n) is 7.88. The number of carbonyl (C=O) groups excluding carboxylic acids is 1. The number of hydrogen-bond donors (Lipinski definition) is 2. The number of aliphatic carboxylic acids is 1. The summed E-state index contributed by atoms with van der Waals surface area (Å²) in [4.78, 5) is 41.2. The number of allylic oxidation sites excluding steroid dienone is 1. The van der Waals surface area contributed by atoms with E-state index in [-0.39, 0.29) is 34.5 Å². The summed E-state index contributed by atoms with van der Waals surface area (Å²) in [7, 11) is -2.71. The highest BCUT2D eigenvalue weighted by atomic mass is 32.2. The lowest BCUT2D eigenvalue weighted by molar-refractivity contribution is -0.140. The van der Waals surface area contributed by atoms with Crippen molar-refractivity contribution < 1.29 is 32.4 Å². The highest BCUT2D eigenvalue weighted by molar-refractivity contribution is 8.30. The van der Waals surface area contributed by atoms with Crippen LogP contribution < -0.4 is 19.7 Å². The molecule has 1 aromatic carbocycles. The molecule has 0 saturated carbocycles. The minimum atomic E-state index is -4.19. The van der Waals surface area contributed by atoms with E-state index in [0.29, 0.717) is 14.2 Å². The van der Waals surface area contributed by atoms with Crippen LogP contribution in [0.5, 0.6) is 0 Å². The molecule has 0 spiro atoms. The second kappa shape index (κ2) is 11.7. The number of aromatic nitrogens is 1. The largest absolute Gasteiger partial charge is 0.480 e. The van der Waals surface area contributed by atoms with Crippen LogP contribution in [0.2, 0.25) is 0 Å². The summed E-state index contributed by atoms with van der Waals surface area (Å²) in [5.41, 5.74) is 0.410. The lowest BCUT2D eigenvalue weighted by atomic mass is 10.3. The van der Waals surface area contributed by atoms with Crippen molar-refractivity contribution in [2.45, 2.75) is 11.4 Å². The number of thiazole rings is 1. The van der Waals surface area contributed by atoms with E-state index in [1.54, 1.807) is 17.1 Å². The van der Waals surface area contributed by atoms with E-state index in [9.17, 15) is 27.4 Å². The molecule has 2 aliphatic rings. The first-order chi connectivity index (χ1) is 18.0. The SMILES string of the molecule is COCCn1c(=C2SC(=S)N(CC(=O)O)C2=O)sc(=CC=C2Sc3ccccc3N2CCS(=O)(=O)O)c1=O. The predicted octanol–water partition coefficient (Wildman–Crippen LogP) is 0.731. The number of carboxylic acids is 1. The number of carbonyl (C=O) groups is 2. The lowest BCUT2D eigenvalue weighted by Gasteiger charge is -2.19. The Kier molecular flexibility index (Phi) is 8.81. The molecule has 1 aromatic heterocycles. The van der Waals surface area contributed by atoms with Crippen molar-refractivity contribution in [2.75, 3.05) is 37.5 Å². The Labute approximate surface area is 234 Å². The van der Waals surface area contributed by atoms with Crippen LogP contribution in [-0.4, -0.2) is 76.3 Å². The number of methoxy groups -OCH3 is 1. The number of thiocarbonyl (C=S) groups is 1. The molecule has 2 aliphatic heterocycles. The molecular weight excluding hydrogens is 595 g/mol. The first kappa shape index (κ1) is 28.5. The highest BCUT2D eigenvalue weighted by Gasteiger charge is 2.35. The fourth-order valence-electron chi connectivity index (χ4n) is 3.65. The number of amides is 1. The predicted molar refractivity (Wildman–Crippen MR) is 151 cm³/mol. The number of rotatable bonds is 9. The van der Waals surface area contributed by atoms with E-state index >= 15 is 0 Å². The van der Waals surface area contributed by atoms with E-state index < -0.39 is 34.3 Å². The van der Waals surface area contributed by atoms with Gasteiger partial charge in [0.05, 0.1) is 34.2 Å². The maximum absolute atomic E-state index is 13.3. The molecule has 1 saturated heterocycles. The Hall–Kier alpha value is -2.47. The Morgan fingerprint density at radius 2 is 1.87 bits per heavy atom. The molecule has 16 heteroatoms. The molecule has 2 aromatic rings. The van der Waals surface area contributed by atoms with Crippen molar-refractivity contribution >= 4 is 90.1 Å². The van der Waals surface area contributed by atoms with Gasteiger partial charge < -0.3 is 14.7 Å². The average molecular weight is 616 g/mol. The summed E-state index contributed by atoms with van der Waals surface area (Å²) in [5.74, 6) is -2.27. The van der Waals surface area contributed by atoms with E-state index in [1.165, 1.54) is 23.4 Å². The highest BCUT2D eigenvalue weighted by Crippen LogP contribution is 2.45. The minimum absolute atomic E-state index is 0.0101. The fraction of sp³-hybridized carbons (Fsp3) is 0.273. The maximum Gasteiger partial charge on any atom is 0.323 e. The van der Waals surface area contributed by atoms with Crippen LogP contribution >= 0.6 is 47.1 Å². The van der Waals surface area contributed by atoms with Crippen molar-refractivity contribution in [2.24, 2.45) is 0 Å². The van der Waals surface area contributed by atoms with Crippen LogP contribution in [0.1, 0.15) is 0 Å². The monoisotopic (exact) mass is 615 g/mol. The number of fused-ring (bicyclic) bond motifs is 1. The molecule has 11 nitrogen and oxygen atoms in total. The summed E-state index contributed by atoms with van der Waals surface area (Å²) in [6.45, 7) is -0.205. The van der Waals surface area contributed by atoms with Gasteiger partial charge in [0, 0.05) is 18.6 Å². The van der Waals surface area contributed by atoms with Crippen molar-refractivity contribution in [3.05, 3.63) is 54.9 Å². The Morgan fingerprint density at radius 1 is 1.13 bits per heavy atom. The summed E-state index contributed by atoms with van der Waals surface area (Å²) in [6, 6.07) is 7.39. The normalized spacial score (nSPS) is 18.7. The molecule has 0 aliphatic carbocycles. The number of anilines is 1. The van der Waals surface area contributed by atoms with Gasteiger partial charge in [0.15, 0.2) is 0 Å². The Morgan fingerprint density at radius 3 is 2.55 bits per heavy atom. The van der Waals surface area contributed by atoms with Gasteiger partial charge in [-0.25, -0.2) is 0 Å². The van der Waals surface area contributed by atoms with Gasteiger partial charge in [-0.3, -0.25) is 28.4 Å². The van der Waals surface area contributed by atoms with E-state index in [1.807, 2.05) is 24.3 Å². The first-order valence-corrected chi connectivity index (χ1v) is 15.4. The summed E-state index contributed by atoms with van der Waals surface area (Å²) in [6.07, 6.45) is 3.27. The number of thioether (sulfide) groups is 2. The summed E-state index contributed by atoms with van der Waals surface area (Å²) in [5, 5.41) is 9.78. The molecular formula is C22H21N3O8S5. The van der Waals surface area contributed by atoms with Gasteiger partial charge in [-0.05, 0) is 24.3 Å². The lowest BCUT2D eigenvalue weighted by Crippen LogP contribution is -2.36. The molecule has 4 rings (SSSR count). The topological polar surface area (TPSA) is 146 Å². The number of carboxylic acid groups (broad SMARTS) is 1. The molecule has 1 fully saturated rings. The summed E-state index contributed by atoms with van der Waals surface area (Å²) >= 11 is 8.59. The molecule has 1 amide bonds. The quantitative estimate of drug-likeness (QED) is 0.303. The average Bonchev–Trinajstić information content (AvgIpc) is 3.46. The van der Waals surface area contributed by atoms with Gasteiger partial charge in [-0.15, -0.1) is 11.3 Å². The molecule has 38 heavy (non-hydrogen) atoms. The zero-order chi connectivity index (χ0) is 27.6. The number of hydrogen-bond acceptors (Lipinski definition) is 11. The van der Waals surface area contributed by atoms with Crippen molar-refractivity contribution in [1.29, 1.82) is 0 Å². The number of nitrogens with zero attached hydrogens (tertiary/aromatic N) is 3. The van der Waals surface area contributed by atoms with Gasteiger partial charge in [0.2, 0.25) is 0 Å². The smallest absolute Gasteiger partial charge is 0.323 e. The third kappa shape index (κ3) is 6.22. The standard InChI is InChI=1S/C22H21N3O8S5/c1-33-10-8-24-19(28)15(36-21(24)18-20(29)25(12-17(26)27)22(34)37-18)6-7-16-23(9-11-38(30,31)32)13-4-2-3-5-14(13)35-16/h2-7H,8-12H2,1H3,(H,26,27)(H,30,31,32). The molecule has 2 N–H and O–H groups in total. The van der Waals surface area contributed by atoms with E-state index in [0.717, 1.165) is 38.6 Å². The van der Waals surface area contributed by atoms with Gasteiger partial charge in [-0.1, -0.05) is 47.9 Å². The van der Waals surface area contributed by atoms with Crippen LogP contribution in [0.15, 0.2) is 45.1 Å². The molecule has 3 heterocycles. The third-order valence-corrected chi connectivity index (χ3v) is 9.89. The van der Waals surface area contributed by atoms with Crippen LogP contribution in [0, 0.1) is 0 Å². The van der Waals surface area contributed by atoms with Gasteiger partial charge in [0.1, 0.15) is 20.4 Å². The van der Waals surface area contributed by atoms with Gasteiger partial charge >= 0.3 is 5.97 Å². The third-order valence-electron chi connectivity index (χ3n) is 5.35. The molecule has 0 radical (unpaired) electrons. The Bertz CT molecular complexity index is 1630. The van der Waals surface area contributed by atoms with Crippen LogP contribution in [0.4, 0.5) is 5.69 Å². The number of para-hydroxylation sites is 1. The van der Waals surface area contributed by atoms with Crippen molar-refractivity contribution in [3.63, 3.8) is 0 Å². The number of benzene rings is 1. The molecule has 202 valence electrons. The zero-order valence-corrected chi connectivity index (χ0v) is 23.8. The summed E-state index contributed by atoms with van der Waals surface area (Å²) < 4.78 is 39.3. The zero-order valence-electron chi connectivity index (χ0n) is 19.7. The van der Waals surface area contributed by atoms with Crippen molar-refractivity contribution in [3.8, 4) is 0 Å². The Balaban J connectivity index is 1.79. The van der Waals surface area contributed by atoms with Crippen LogP contribution in [-0.2, 0) is 31.0 Å². The minimum Gasteiger partial charge on any atom is -0.480 e. The van der Waals surface area contributed by atoms with Gasteiger partial charge in [-0.2, -0.15) is 8.42 Å². The van der Waals surface area contributed by atoms with Crippen molar-refractivity contribution in [1.82, 2.24) is 9.47 Å².